The van der Waals surface area contributed by atoms with E-state index < -0.39 is 6.10 Å². The van der Waals surface area contributed by atoms with Crippen LogP contribution in [0.1, 0.15) is 335 Å². The fourth-order valence-corrected chi connectivity index (χ4v) is 9.03. The van der Waals surface area contributed by atoms with E-state index in [4.69, 9.17) is 14.2 Å². The zero-order valence-electron chi connectivity index (χ0n) is 44.7. The summed E-state index contributed by atoms with van der Waals surface area (Å²) in [4.78, 5) is 38.1. The predicted molar refractivity (Wildman–Crippen MR) is 284 cm³/mol. The second-order valence-electron chi connectivity index (χ2n) is 20.3. The molecule has 0 aliphatic heterocycles. The Balaban J connectivity index is 4.25. The lowest BCUT2D eigenvalue weighted by Crippen LogP contribution is -2.30. The first-order chi connectivity index (χ1) is 32.5. The molecule has 0 spiro atoms. The summed E-state index contributed by atoms with van der Waals surface area (Å²) in [6.45, 7) is 6.68. The first-order valence-electron chi connectivity index (χ1n) is 29.7. The Morgan fingerprint density at radius 3 is 0.758 bits per heavy atom. The average Bonchev–Trinajstić information content (AvgIpc) is 3.31. The molecule has 0 aliphatic rings. The number of hydrogen-bond donors (Lipinski definition) is 0. The standard InChI is InChI=1S/C60H114O6/c1-4-7-10-13-16-19-22-24-26-28-29-30-32-33-35-38-41-44-47-50-53-59(62)65-56-57(55-64-58(61)52-49-46-43-40-37-21-18-15-12-9-6-3)66-60(63)54-51-48-45-42-39-36-34-31-27-25-23-20-17-14-11-8-5-2/h25,27,57H,4-24,26,28-56H2,1-3H3/b27-25-. The minimum Gasteiger partial charge on any atom is -0.462 e. The van der Waals surface area contributed by atoms with Gasteiger partial charge in [-0.15, -0.1) is 0 Å². The van der Waals surface area contributed by atoms with Gasteiger partial charge in [-0.2, -0.15) is 0 Å². The van der Waals surface area contributed by atoms with Crippen LogP contribution in [-0.2, 0) is 28.6 Å². The zero-order chi connectivity index (χ0) is 47.9. The summed E-state index contributed by atoms with van der Waals surface area (Å²) in [7, 11) is 0. The molecule has 0 bridgehead atoms. The fourth-order valence-electron chi connectivity index (χ4n) is 9.03. The van der Waals surface area contributed by atoms with Crippen molar-refractivity contribution < 1.29 is 28.6 Å². The van der Waals surface area contributed by atoms with E-state index in [1.54, 1.807) is 0 Å². The first kappa shape index (κ1) is 64.2. The van der Waals surface area contributed by atoms with Crippen LogP contribution < -0.4 is 0 Å². The lowest BCUT2D eigenvalue weighted by atomic mass is 10.0. The van der Waals surface area contributed by atoms with Crippen molar-refractivity contribution in [1.82, 2.24) is 0 Å². The van der Waals surface area contributed by atoms with Crippen molar-refractivity contribution in [1.29, 1.82) is 0 Å². The normalized spacial score (nSPS) is 12.0. The van der Waals surface area contributed by atoms with Gasteiger partial charge in [0.05, 0.1) is 0 Å². The third-order valence-corrected chi connectivity index (χ3v) is 13.5. The molecule has 0 N–H and O–H groups in total. The fraction of sp³-hybridized carbons (Fsp3) is 0.917. The molecule has 0 aliphatic carbocycles. The van der Waals surface area contributed by atoms with Crippen LogP contribution in [0.2, 0.25) is 0 Å². The first-order valence-corrected chi connectivity index (χ1v) is 29.7. The molecule has 390 valence electrons. The van der Waals surface area contributed by atoms with Gasteiger partial charge in [-0.3, -0.25) is 14.4 Å². The third kappa shape index (κ3) is 53.1. The Hall–Kier alpha value is -1.85. The van der Waals surface area contributed by atoms with Gasteiger partial charge in [0.1, 0.15) is 13.2 Å². The van der Waals surface area contributed by atoms with E-state index in [1.807, 2.05) is 0 Å². The monoisotopic (exact) mass is 931 g/mol. The minimum atomic E-state index is -0.766. The Kier molecular flexibility index (Phi) is 54.2. The summed E-state index contributed by atoms with van der Waals surface area (Å²) in [6.07, 6.45) is 63.5. The lowest BCUT2D eigenvalue weighted by Gasteiger charge is -2.18. The average molecular weight is 932 g/mol. The van der Waals surface area contributed by atoms with E-state index in [0.717, 1.165) is 57.8 Å². The van der Waals surface area contributed by atoms with Crippen LogP contribution in [0.3, 0.4) is 0 Å². The molecular formula is C60H114O6. The Morgan fingerprint density at radius 2 is 0.500 bits per heavy atom. The maximum atomic E-state index is 12.8. The van der Waals surface area contributed by atoms with Crippen molar-refractivity contribution >= 4 is 17.9 Å². The number of carbonyl (C=O) groups is 3. The van der Waals surface area contributed by atoms with Gasteiger partial charge >= 0.3 is 17.9 Å². The van der Waals surface area contributed by atoms with Crippen LogP contribution in [-0.4, -0.2) is 37.2 Å². The van der Waals surface area contributed by atoms with Crippen molar-refractivity contribution in [3.8, 4) is 0 Å². The van der Waals surface area contributed by atoms with Crippen molar-refractivity contribution in [3.63, 3.8) is 0 Å². The minimum absolute atomic E-state index is 0.0657. The van der Waals surface area contributed by atoms with Crippen LogP contribution in [0.25, 0.3) is 0 Å². The molecular weight excluding hydrogens is 817 g/mol. The molecule has 0 saturated heterocycles. The number of unbranched alkanes of at least 4 members (excludes halogenated alkanes) is 42. The summed E-state index contributed by atoms with van der Waals surface area (Å²) >= 11 is 0. The molecule has 0 amide bonds. The van der Waals surface area contributed by atoms with Crippen molar-refractivity contribution in [2.24, 2.45) is 0 Å². The van der Waals surface area contributed by atoms with Gasteiger partial charge in [0, 0.05) is 19.3 Å². The molecule has 0 aromatic carbocycles. The maximum absolute atomic E-state index is 12.8. The van der Waals surface area contributed by atoms with E-state index in [0.29, 0.717) is 19.3 Å². The third-order valence-electron chi connectivity index (χ3n) is 13.5. The van der Waals surface area contributed by atoms with Crippen LogP contribution in [0.5, 0.6) is 0 Å². The molecule has 1 unspecified atom stereocenters. The van der Waals surface area contributed by atoms with Crippen molar-refractivity contribution in [3.05, 3.63) is 12.2 Å². The van der Waals surface area contributed by atoms with E-state index in [-0.39, 0.29) is 31.1 Å². The summed E-state index contributed by atoms with van der Waals surface area (Å²) in [5.41, 5.74) is 0. The molecule has 0 radical (unpaired) electrons. The van der Waals surface area contributed by atoms with Gasteiger partial charge < -0.3 is 14.2 Å². The number of rotatable bonds is 55. The van der Waals surface area contributed by atoms with Crippen LogP contribution >= 0.6 is 0 Å². The molecule has 1 atom stereocenters. The van der Waals surface area contributed by atoms with Gasteiger partial charge in [-0.25, -0.2) is 0 Å². The van der Waals surface area contributed by atoms with E-state index in [1.165, 1.54) is 238 Å². The summed E-state index contributed by atoms with van der Waals surface area (Å²) in [5.74, 6) is -0.846. The highest BCUT2D eigenvalue weighted by Gasteiger charge is 2.19. The number of carbonyl (C=O) groups excluding carboxylic acids is 3. The molecule has 0 aromatic heterocycles. The molecule has 0 rings (SSSR count). The smallest absolute Gasteiger partial charge is 0.306 e. The highest BCUT2D eigenvalue weighted by molar-refractivity contribution is 5.71. The van der Waals surface area contributed by atoms with E-state index in [2.05, 4.69) is 32.9 Å². The number of ether oxygens (including phenoxy) is 3. The van der Waals surface area contributed by atoms with Gasteiger partial charge in [0.2, 0.25) is 0 Å². The molecule has 6 heteroatoms. The van der Waals surface area contributed by atoms with Crippen molar-refractivity contribution in [2.75, 3.05) is 13.2 Å². The van der Waals surface area contributed by atoms with Crippen LogP contribution in [0.4, 0.5) is 0 Å². The largest absolute Gasteiger partial charge is 0.462 e. The number of hydrogen-bond acceptors (Lipinski definition) is 6. The zero-order valence-corrected chi connectivity index (χ0v) is 44.7. The highest BCUT2D eigenvalue weighted by atomic mass is 16.6. The van der Waals surface area contributed by atoms with E-state index >= 15 is 0 Å². The quantitative estimate of drug-likeness (QED) is 0.0262. The molecule has 0 heterocycles. The van der Waals surface area contributed by atoms with Crippen LogP contribution in [0, 0.1) is 0 Å². The van der Waals surface area contributed by atoms with Gasteiger partial charge in [0.25, 0.3) is 0 Å². The van der Waals surface area contributed by atoms with Crippen LogP contribution in [0.15, 0.2) is 12.2 Å². The summed E-state index contributed by atoms with van der Waals surface area (Å²) in [5, 5.41) is 0. The van der Waals surface area contributed by atoms with E-state index in [9.17, 15) is 14.4 Å². The number of allylic oxidation sites excluding steroid dienone is 2. The topological polar surface area (TPSA) is 78.9 Å². The second kappa shape index (κ2) is 55.7. The second-order valence-corrected chi connectivity index (χ2v) is 20.3. The summed E-state index contributed by atoms with van der Waals surface area (Å²) < 4.78 is 16.9. The Morgan fingerprint density at radius 1 is 0.288 bits per heavy atom. The summed E-state index contributed by atoms with van der Waals surface area (Å²) in [6, 6.07) is 0. The predicted octanol–water partition coefficient (Wildman–Crippen LogP) is 19.7. The molecule has 0 saturated carbocycles. The van der Waals surface area contributed by atoms with Crippen molar-refractivity contribution in [2.45, 2.75) is 341 Å². The Bertz CT molecular complexity index is 1020. The molecule has 0 aromatic rings. The number of esters is 3. The lowest BCUT2D eigenvalue weighted by molar-refractivity contribution is -0.167. The molecule has 6 nitrogen and oxygen atoms in total. The van der Waals surface area contributed by atoms with Gasteiger partial charge in [0.15, 0.2) is 6.10 Å². The molecule has 66 heavy (non-hydrogen) atoms. The van der Waals surface area contributed by atoms with Gasteiger partial charge in [-0.1, -0.05) is 283 Å². The highest BCUT2D eigenvalue weighted by Crippen LogP contribution is 2.17. The Labute approximate surface area is 411 Å². The SMILES string of the molecule is CCCCCCCC/C=C\CCCCCCCCCC(=O)OC(COC(=O)CCCCCCCCCCCCC)COC(=O)CCCCCCCCCCCCCCCCCCCCCC. The molecule has 0 fully saturated rings. The van der Waals surface area contributed by atoms with Gasteiger partial charge in [-0.05, 0) is 44.9 Å². The maximum Gasteiger partial charge on any atom is 0.306 e.